The van der Waals surface area contributed by atoms with Crippen molar-refractivity contribution in [3.8, 4) is 11.5 Å². The minimum absolute atomic E-state index is 0.118. The van der Waals surface area contributed by atoms with Crippen LogP contribution >= 0.6 is 0 Å². The SMILES string of the molecule is NC(=O)C1CCN([C@H](c2ccc(F)cc2)c2nnc(-c3ccccc3)o2)CC1. The van der Waals surface area contributed by atoms with Crippen LogP contribution < -0.4 is 5.73 Å². The zero-order valence-electron chi connectivity index (χ0n) is 15.3. The van der Waals surface area contributed by atoms with E-state index < -0.39 is 0 Å². The summed E-state index contributed by atoms with van der Waals surface area (Å²) in [6, 6.07) is 15.5. The molecule has 7 heteroatoms. The van der Waals surface area contributed by atoms with Crippen molar-refractivity contribution in [1.29, 1.82) is 0 Å². The summed E-state index contributed by atoms with van der Waals surface area (Å²) in [6.45, 7) is 1.33. The lowest BCUT2D eigenvalue weighted by Crippen LogP contribution is -2.40. The summed E-state index contributed by atoms with van der Waals surface area (Å²) in [4.78, 5) is 13.7. The number of rotatable bonds is 5. The number of hydrogen-bond donors (Lipinski definition) is 1. The lowest BCUT2D eigenvalue weighted by molar-refractivity contribution is -0.123. The first-order valence-electron chi connectivity index (χ1n) is 9.29. The minimum atomic E-state index is -0.306. The highest BCUT2D eigenvalue weighted by Crippen LogP contribution is 2.33. The Labute approximate surface area is 162 Å². The first-order chi connectivity index (χ1) is 13.6. The van der Waals surface area contributed by atoms with E-state index in [1.54, 1.807) is 12.1 Å². The van der Waals surface area contributed by atoms with Gasteiger partial charge in [-0.2, -0.15) is 0 Å². The molecule has 3 aromatic rings. The van der Waals surface area contributed by atoms with Gasteiger partial charge in [0.2, 0.25) is 17.7 Å². The molecule has 1 aliphatic heterocycles. The molecule has 0 saturated carbocycles. The molecule has 0 unspecified atom stereocenters. The van der Waals surface area contributed by atoms with Crippen LogP contribution in [-0.4, -0.2) is 34.1 Å². The lowest BCUT2D eigenvalue weighted by Gasteiger charge is -2.35. The topological polar surface area (TPSA) is 85.3 Å². The summed E-state index contributed by atoms with van der Waals surface area (Å²) in [5.41, 5.74) is 7.16. The monoisotopic (exact) mass is 380 g/mol. The van der Waals surface area contributed by atoms with Crippen molar-refractivity contribution in [3.63, 3.8) is 0 Å². The van der Waals surface area contributed by atoms with Gasteiger partial charge in [0.1, 0.15) is 11.9 Å². The number of amides is 1. The molecule has 2 N–H and O–H groups in total. The standard InChI is InChI=1S/C21H21FN4O2/c22-17-8-6-14(7-9-17)18(26-12-10-15(11-13-26)19(23)27)21-25-24-20(28-21)16-4-2-1-3-5-16/h1-9,15,18H,10-13H2,(H2,23,27)/t18-/m1/s1. The molecule has 2 aromatic carbocycles. The van der Waals surface area contributed by atoms with Crippen molar-refractivity contribution in [2.24, 2.45) is 11.7 Å². The summed E-state index contributed by atoms with van der Waals surface area (Å²) in [5.74, 6) is 0.206. The first kappa shape index (κ1) is 18.3. The highest BCUT2D eigenvalue weighted by molar-refractivity contribution is 5.76. The Morgan fingerprint density at radius 2 is 1.75 bits per heavy atom. The fourth-order valence-corrected chi connectivity index (χ4v) is 3.64. The molecule has 0 bridgehead atoms. The Bertz CT molecular complexity index is 935. The number of benzene rings is 2. The van der Waals surface area contributed by atoms with E-state index in [2.05, 4.69) is 15.1 Å². The van der Waals surface area contributed by atoms with E-state index in [1.807, 2.05) is 30.3 Å². The van der Waals surface area contributed by atoms with Crippen molar-refractivity contribution in [1.82, 2.24) is 15.1 Å². The largest absolute Gasteiger partial charge is 0.419 e. The van der Waals surface area contributed by atoms with Crippen LogP contribution in [0.2, 0.25) is 0 Å². The third-order valence-electron chi connectivity index (χ3n) is 5.18. The number of aromatic nitrogens is 2. The number of piperidine rings is 1. The van der Waals surface area contributed by atoms with Crippen LogP contribution in [0.1, 0.15) is 30.3 Å². The molecule has 1 atom stereocenters. The Morgan fingerprint density at radius 3 is 2.39 bits per heavy atom. The van der Waals surface area contributed by atoms with E-state index in [-0.39, 0.29) is 23.7 Å². The van der Waals surface area contributed by atoms with Gasteiger partial charge >= 0.3 is 0 Å². The predicted octanol–water partition coefficient (Wildman–Crippen LogP) is 3.16. The van der Waals surface area contributed by atoms with Crippen LogP contribution in [0, 0.1) is 11.7 Å². The summed E-state index contributed by atoms with van der Waals surface area (Å²) < 4.78 is 19.4. The normalized spacial score (nSPS) is 16.8. The average molecular weight is 380 g/mol. The summed E-state index contributed by atoms with van der Waals surface area (Å²) in [6.07, 6.45) is 1.35. The van der Waals surface area contributed by atoms with E-state index in [0.717, 1.165) is 11.1 Å². The molecule has 28 heavy (non-hydrogen) atoms. The molecule has 0 aliphatic carbocycles. The molecule has 4 rings (SSSR count). The number of primary amides is 1. The molecule has 1 aliphatic rings. The number of likely N-dealkylation sites (tertiary alicyclic amines) is 1. The lowest BCUT2D eigenvalue weighted by atomic mass is 9.93. The third kappa shape index (κ3) is 3.80. The Balaban J connectivity index is 1.65. The molecule has 6 nitrogen and oxygen atoms in total. The van der Waals surface area contributed by atoms with E-state index >= 15 is 0 Å². The van der Waals surface area contributed by atoms with Crippen molar-refractivity contribution in [3.05, 3.63) is 71.9 Å². The predicted molar refractivity (Wildman–Crippen MR) is 101 cm³/mol. The van der Waals surface area contributed by atoms with E-state index in [0.29, 0.717) is 37.7 Å². The molecule has 1 fully saturated rings. The second-order valence-corrected chi connectivity index (χ2v) is 6.98. The highest BCUT2D eigenvalue weighted by atomic mass is 19.1. The average Bonchev–Trinajstić information content (AvgIpc) is 3.20. The zero-order valence-corrected chi connectivity index (χ0v) is 15.3. The first-order valence-corrected chi connectivity index (χ1v) is 9.29. The van der Waals surface area contributed by atoms with Gasteiger partial charge in [-0.3, -0.25) is 9.69 Å². The number of nitrogens with zero attached hydrogens (tertiary/aromatic N) is 3. The maximum absolute atomic E-state index is 13.4. The van der Waals surface area contributed by atoms with Crippen molar-refractivity contribution in [2.75, 3.05) is 13.1 Å². The molecular weight excluding hydrogens is 359 g/mol. The minimum Gasteiger partial charge on any atom is -0.419 e. The highest BCUT2D eigenvalue weighted by Gasteiger charge is 2.32. The molecule has 1 saturated heterocycles. The molecule has 2 heterocycles. The second-order valence-electron chi connectivity index (χ2n) is 6.98. The van der Waals surface area contributed by atoms with E-state index in [1.165, 1.54) is 12.1 Å². The molecule has 0 radical (unpaired) electrons. The van der Waals surface area contributed by atoms with E-state index in [9.17, 15) is 9.18 Å². The van der Waals surface area contributed by atoms with Crippen LogP contribution in [0.4, 0.5) is 4.39 Å². The van der Waals surface area contributed by atoms with Gasteiger partial charge in [-0.1, -0.05) is 30.3 Å². The molecule has 144 valence electrons. The Morgan fingerprint density at radius 1 is 1.07 bits per heavy atom. The summed E-state index contributed by atoms with van der Waals surface area (Å²) in [5, 5.41) is 8.47. The van der Waals surface area contributed by atoms with Gasteiger partial charge in [-0.05, 0) is 55.8 Å². The van der Waals surface area contributed by atoms with Gasteiger partial charge in [0.05, 0.1) is 0 Å². The number of halogens is 1. The van der Waals surface area contributed by atoms with Crippen molar-refractivity contribution >= 4 is 5.91 Å². The number of carbonyl (C=O) groups is 1. The van der Waals surface area contributed by atoms with Crippen LogP contribution in [0.25, 0.3) is 11.5 Å². The van der Waals surface area contributed by atoms with Crippen molar-refractivity contribution in [2.45, 2.75) is 18.9 Å². The fourth-order valence-electron chi connectivity index (χ4n) is 3.64. The quantitative estimate of drug-likeness (QED) is 0.735. The molecule has 1 amide bonds. The van der Waals surface area contributed by atoms with Crippen LogP contribution in [0.5, 0.6) is 0 Å². The molecule has 1 aromatic heterocycles. The van der Waals surface area contributed by atoms with Gasteiger partial charge in [0.15, 0.2) is 0 Å². The second kappa shape index (κ2) is 7.90. The fraction of sp³-hybridized carbons (Fsp3) is 0.286. The summed E-state index contributed by atoms with van der Waals surface area (Å²) in [7, 11) is 0. The summed E-state index contributed by atoms with van der Waals surface area (Å²) >= 11 is 0. The van der Waals surface area contributed by atoms with Gasteiger partial charge in [-0.15, -0.1) is 10.2 Å². The Kier molecular flexibility index (Phi) is 5.16. The van der Waals surface area contributed by atoms with Gasteiger partial charge in [0, 0.05) is 11.5 Å². The number of nitrogens with two attached hydrogens (primary N) is 1. The third-order valence-corrected chi connectivity index (χ3v) is 5.18. The Hall–Kier alpha value is -3.06. The van der Waals surface area contributed by atoms with Gasteiger partial charge in [0.25, 0.3) is 0 Å². The number of hydrogen-bond acceptors (Lipinski definition) is 5. The maximum Gasteiger partial charge on any atom is 0.247 e. The van der Waals surface area contributed by atoms with Crippen LogP contribution in [0.3, 0.4) is 0 Å². The smallest absolute Gasteiger partial charge is 0.247 e. The number of carbonyl (C=O) groups excluding carboxylic acids is 1. The van der Waals surface area contributed by atoms with Gasteiger partial charge in [-0.25, -0.2) is 4.39 Å². The maximum atomic E-state index is 13.4. The van der Waals surface area contributed by atoms with E-state index in [4.69, 9.17) is 10.2 Å². The van der Waals surface area contributed by atoms with Crippen LogP contribution in [-0.2, 0) is 4.79 Å². The van der Waals surface area contributed by atoms with Crippen LogP contribution in [0.15, 0.2) is 59.0 Å². The zero-order chi connectivity index (χ0) is 19.5. The molecular formula is C21H21FN4O2. The molecule has 0 spiro atoms. The van der Waals surface area contributed by atoms with Crippen molar-refractivity contribution < 1.29 is 13.6 Å². The van der Waals surface area contributed by atoms with Gasteiger partial charge < -0.3 is 10.2 Å².